The van der Waals surface area contributed by atoms with Gasteiger partial charge in [0.1, 0.15) is 18.2 Å². The Morgan fingerprint density at radius 2 is 2.14 bits per heavy atom. The monoisotopic (exact) mass is 394 g/mol. The van der Waals surface area contributed by atoms with E-state index in [1.165, 1.54) is 12.1 Å². The molecule has 1 N–H and O–H groups in total. The van der Waals surface area contributed by atoms with Gasteiger partial charge in [0, 0.05) is 36.1 Å². The molecule has 1 aliphatic heterocycles. The van der Waals surface area contributed by atoms with Crippen molar-refractivity contribution >= 4 is 17.3 Å². The molecule has 0 saturated carbocycles. The number of carbonyl (C=O) groups excluding carboxylic acids is 1. The fourth-order valence-corrected chi connectivity index (χ4v) is 2.93. The SMILES string of the molecule is O=C(Nc1cccc(OCCn2cccn2)c1)C1CC(c2cccc(F)c2)=NO1. The predicted octanol–water partition coefficient (Wildman–Crippen LogP) is 3.23. The average Bonchev–Trinajstić information content (AvgIpc) is 3.41. The first-order chi connectivity index (χ1) is 14.2. The number of nitrogens with one attached hydrogen (secondary N) is 1. The number of carbonyl (C=O) groups is 1. The molecule has 2 aromatic carbocycles. The van der Waals surface area contributed by atoms with Crippen molar-refractivity contribution in [2.24, 2.45) is 5.16 Å². The van der Waals surface area contributed by atoms with E-state index in [0.717, 1.165) is 0 Å². The summed E-state index contributed by atoms with van der Waals surface area (Å²) in [6.07, 6.45) is 3.08. The highest BCUT2D eigenvalue weighted by Gasteiger charge is 2.29. The Hall–Kier alpha value is -3.68. The van der Waals surface area contributed by atoms with Gasteiger partial charge in [0.15, 0.2) is 0 Å². The molecular weight excluding hydrogens is 375 g/mol. The molecule has 0 fully saturated rings. The molecule has 0 spiro atoms. The zero-order valence-corrected chi connectivity index (χ0v) is 15.5. The van der Waals surface area contributed by atoms with Crippen LogP contribution in [0.3, 0.4) is 0 Å². The second-order valence-corrected chi connectivity index (χ2v) is 6.48. The molecule has 7 nitrogen and oxygen atoms in total. The van der Waals surface area contributed by atoms with Crippen molar-refractivity contribution in [3.8, 4) is 5.75 Å². The first-order valence-corrected chi connectivity index (χ1v) is 9.17. The molecule has 1 atom stereocenters. The van der Waals surface area contributed by atoms with Crippen LogP contribution < -0.4 is 10.1 Å². The summed E-state index contributed by atoms with van der Waals surface area (Å²) >= 11 is 0. The molecule has 8 heteroatoms. The van der Waals surface area contributed by atoms with E-state index in [0.29, 0.717) is 35.9 Å². The third-order valence-electron chi connectivity index (χ3n) is 4.37. The Morgan fingerprint density at radius 3 is 2.97 bits per heavy atom. The van der Waals surface area contributed by atoms with E-state index in [4.69, 9.17) is 9.57 Å². The molecule has 2 heterocycles. The predicted molar refractivity (Wildman–Crippen MR) is 105 cm³/mol. The second kappa shape index (κ2) is 8.55. The lowest BCUT2D eigenvalue weighted by atomic mass is 10.0. The lowest BCUT2D eigenvalue weighted by Crippen LogP contribution is -2.28. The second-order valence-electron chi connectivity index (χ2n) is 6.48. The number of ether oxygens (including phenoxy) is 1. The zero-order chi connectivity index (χ0) is 20.1. The van der Waals surface area contributed by atoms with Crippen molar-refractivity contribution in [1.29, 1.82) is 0 Å². The molecular formula is C21H19FN4O3. The maximum Gasteiger partial charge on any atom is 0.268 e. The van der Waals surface area contributed by atoms with Crippen LogP contribution in [0, 0.1) is 5.82 Å². The molecule has 1 amide bonds. The van der Waals surface area contributed by atoms with E-state index in [1.807, 2.05) is 18.3 Å². The number of hydrogen-bond acceptors (Lipinski definition) is 5. The molecule has 0 radical (unpaired) electrons. The van der Waals surface area contributed by atoms with Crippen LogP contribution in [0.25, 0.3) is 0 Å². The number of anilines is 1. The van der Waals surface area contributed by atoms with Gasteiger partial charge in [0.2, 0.25) is 6.10 Å². The number of benzene rings is 2. The van der Waals surface area contributed by atoms with Gasteiger partial charge in [-0.25, -0.2) is 4.39 Å². The Labute approximate surface area is 166 Å². The standard InChI is InChI=1S/C21H19FN4O3/c22-16-5-1-4-15(12-16)19-14-20(29-25-19)21(27)24-17-6-2-7-18(13-17)28-11-10-26-9-3-8-23-26/h1-9,12-13,20H,10-11,14H2,(H,24,27). The number of oxime groups is 1. The highest BCUT2D eigenvalue weighted by molar-refractivity contribution is 6.06. The van der Waals surface area contributed by atoms with Crippen molar-refractivity contribution in [3.05, 3.63) is 78.4 Å². The van der Waals surface area contributed by atoms with Gasteiger partial charge >= 0.3 is 0 Å². The molecule has 0 aliphatic carbocycles. The molecule has 1 aliphatic rings. The van der Waals surface area contributed by atoms with Crippen LogP contribution in [0.1, 0.15) is 12.0 Å². The van der Waals surface area contributed by atoms with E-state index in [1.54, 1.807) is 41.2 Å². The minimum Gasteiger partial charge on any atom is -0.492 e. The Morgan fingerprint density at radius 1 is 1.24 bits per heavy atom. The zero-order valence-electron chi connectivity index (χ0n) is 15.5. The van der Waals surface area contributed by atoms with Crippen molar-refractivity contribution in [3.63, 3.8) is 0 Å². The molecule has 4 rings (SSSR count). The minimum absolute atomic E-state index is 0.273. The molecule has 148 valence electrons. The van der Waals surface area contributed by atoms with Gasteiger partial charge < -0.3 is 14.9 Å². The van der Waals surface area contributed by atoms with Crippen LogP contribution >= 0.6 is 0 Å². The normalized spacial score (nSPS) is 15.5. The quantitative estimate of drug-likeness (QED) is 0.667. The number of aromatic nitrogens is 2. The van der Waals surface area contributed by atoms with Crippen LogP contribution in [0.4, 0.5) is 10.1 Å². The van der Waals surface area contributed by atoms with E-state index >= 15 is 0 Å². The van der Waals surface area contributed by atoms with Crippen LogP contribution in [-0.4, -0.2) is 34.1 Å². The third kappa shape index (κ3) is 4.78. The Bertz CT molecular complexity index is 1020. The van der Waals surface area contributed by atoms with E-state index in [2.05, 4.69) is 15.6 Å². The molecule has 1 aromatic heterocycles. The van der Waals surface area contributed by atoms with Crippen LogP contribution in [0.2, 0.25) is 0 Å². The molecule has 29 heavy (non-hydrogen) atoms. The molecule has 0 saturated heterocycles. The highest BCUT2D eigenvalue weighted by Crippen LogP contribution is 2.21. The number of nitrogens with zero attached hydrogens (tertiary/aromatic N) is 3. The smallest absolute Gasteiger partial charge is 0.268 e. The summed E-state index contributed by atoms with van der Waals surface area (Å²) in [6.45, 7) is 1.08. The number of rotatable bonds is 7. The summed E-state index contributed by atoms with van der Waals surface area (Å²) < 4.78 is 20.9. The number of amides is 1. The van der Waals surface area contributed by atoms with Gasteiger partial charge in [0.05, 0.1) is 12.3 Å². The average molecular weight is 394 g/mol. The summed E-state index contributed by atoms with van der Waals surface area (Å²) in [7, 11) is 0. The van der Waals surface area contributed by atoms with Gasteiger partial charge in [-0.15, -0.1) is 0 Å². The third-order valence-corrected chi connectivity index (χ3v) is 4.37. The van der Waals surface area contributed by atoms with Crippen molar-refractivity contribution in [2.75, 3.05) is 11.9 Å². The van der Waals surface area contributed by atoms with Crippen molar-refractivity contribution in [2.45, 2.75) is 19.1 Å². The largest absolute Gasteiger partial charge is 0.492 e. The number of halogens is 1. The number of hydrogen-bond donors (Lipinski definition) is 1. The van der Waals surface area contributed by atoms with Crippen LogP contribution in [-0.2, 0) is 16.2 Å². The minimum atomic E-state index is -0.766. The first kappa shape index (κ1) is 18.7. The summed E-state index contributed by atoms with van der Waals surface area (Å²) in [6, 6.07) is 15.0. The maximum atomic E-state index is 13.4. The summed E-state index contributed by atoms with van der Waals surface area (Å²) in [5.74, 6) is -0.0460. The Kier molecular flexibility index (Phi) is 5.51. The van der Waals surface area contributed by atoms with E-state index in [-0.39, 0.29) is 18.1 Å². The van der Waals surface area contributed by atoms with Gasteiger partial charge in [-0.2, -0.15) is 5.10 Å². The molecule has 1 unspecified atom stereocenters. The first-order valence-electron chi connectivity index (χ1n) is 9.17. The van der Waals surface area contributed by atoms with Crippen molar-refractivity contribution in [1.82, 2.24) is 9.78 Å². The fraction of sp³-hybridized carbons (Fsp3) is 0.190. The lowest BCUT2D eigenvalue weighted by molar-refractivity contribution is -0.125. The fourth-order valence-electron chi connectivity index (χ4n) is 2.93. The van der Waals surface area contributed by atoms with Gasteiger partial charge in [-0.05, 0) is 30.3 Å². The van der Waals surface area contributed by atoms with Gasteiger partial charge in [0.25, 0.3) is 5.91 Å². The van der Waals surface area contributed by atoms with E-state index in [9.17, 15) is 9.18 Å². The molecule has 3 aromatic rings. The summed E-state index contributed by atoms with van der Waals surface area (Å²) in [4.78, 5) is 17.7. The summed E-state index contributed by atoms with van der Waals surface area (Å²) in [5, 5.41) is 10.8. The van der Waals surface area contributed by atoms with Crippen molar-refractivity contribution < 1.29 is 18.8 Å². The lowest BCUT2D eigenvalue weighted by Gasteiger charge is -2.11. The summed E-state index contributed by atoms with van der Waals surface area (Å²) in [5.41, 5.74) is 1.74. The van der Waals surface area contributed by atoms with Gasteiger partial charge in [-0.3, -0.25) is 9.48 Å². The molecule has 0 bridgehead atoms. The highest BCUT2D eigenvalue weighted by atomic mass is 19.1. The van der Waals surface area contributed by atoms with Gasteiger partial charge in [-0.1, -0.05) is 23.4 Å². The maximum absolute atomic E-state index is 13.4. The topological polar surface area (TPSA) is 77.7 Å². The van der Waals surface area contributed by atoms with Crippen LogP contribution in [0.5, 0.6) is 5.75 Å². The van der Waals surface area contributed by atoms with Crippen LogP contribution in [0.15, 0.2) is 72.1 Å². The van der Waals surface area contributed by atoms with E-state index < -0.39 is 6.10 Å². The Balaban J connectivity index is 1.31.